The van der Waals surface area contributed by atoms with E-state index in [2.05, 4.69) is 10.1 Å². The highest BCUT2D eigenvalue weighted by Gasteiger charge is 2.17. The van der Waals surface area contributed by atoms with Gasteiger partial charge in [-0.2, -0.15) is 11.8 Å². The number of thiophene rings is 1. The molecule has 1 aliphatic heterocycles. The number of carbonyl (C=O) groups is 2. The Morgan fingerprint density at radius 1 is 1.53 bits per heavy atom. The van der Waals surface area contributed by atoms with Gasteiger partial charge in [-0.1, -0.05) is 0 Å². The monoisotopic (exact) mass is 271 g/mol. The Labute approximate surface area is 108 Å². The average molecular weight is 271 g/mol. The van der Waals surface area contributed by atoms with Gasteiger partial charge in [-0.3, -0.25) is 9.59 Å². The molecule has 0 aliphatic carbocycles. The van der Waals surface area contributed by atoms with Crippen LogP contribution >= 0.6 is 23.1 Å². The van der Waals surface area contributed by atoms with E-state index in [4.69, 9.17) is 0 Å². The van der Waals surface area contributed by atoms with Crippen molar-refractivity contribution in [2.24, 2.45) is 0 Å². The molecule has 0 atom stereocenters. The number of fused-ring (bicyclic) bond motifs is 1. The van der Waals surface area contributed by atoms with E-state index in [0.717, 1.165) is 17.9 Å². The number of hydrogen-bond acceptors (Lipinski definition) is 5. The van der Waals surface area contributed by atoms with Crippen LogP contribution in [0, 0.1) is 0 Å². The van der Waals surface area contributed by atoms with Gasteiger partial charge in [0.05, 0.1) is 12.0 Å². The van der Waals surface area contributed by atoms with Crippen LogP contribution in [0.15, 0.2) is 6.07 Å². The smallest absolute Gasteiger partial charge is 0.325 e. The van der Waals surface area contributed by atoms with Crippen molar-refractivity contribution >= 4 is 35.0 Å². The summed E-state index contributed by atoms with van der Waals surface area (Å²) in [6.45, 7) is -0.0767. The van der Waals surface area contributed by atoms with Crippen molar-refractivity contribution in [2.75, 3.05) is 19.4 Å². The van der Waals surface area contributed by atoms with E-state index in [1.54, 1.807) is 0 Å². The average Bonchev–Trinajstić information content (AvgIpc) is 2.79. The quantitative estimate of drug-likeness (QED) is 0.845. The largest absolute Gasteiger partial charge is 0.468 e. The lowest BCUT2D eigenvalue weighted by atomic mass is 10.2. The predicted octanol–water partition coefficient (Wildman–Crippen LogP) is 1.44. The highest BCUT2D eigenvalue weighted by atomic mass is 32.2. The van der Waals surface area contributed by atoms with Gasteiger partial charge in [0, 0.05) is 10.6 Å². The summed E-state index contributed by atoms with van der Waals surface area (Å²) in [7, 11) is 1.30. The topological polar surface area (TPSA) is 55.4 Å². The second kappa shape index (κ2) is 5.55. The Balaban J connectivity index is 1.99. The summed E-state index contributed by atoms with van der Waals surface area (Å²) in [6, 6.07) is 1.93. The van der Waals surface area contributed by atoms with Crippen molar-refractivity contribution in [1.82, 2.24) is 5.32 Å². The van der Waals surface area contributed by atoms with E-state index in [1.165, 1.54) is 28.9 Å². The predicted molar refractivity (Wildman–Crippen MR) is 68.5 cm³/mol. The zero-order valence-electron chi connectivity index (χ0n) is 9.45. The minimum atomic E-state index is -0.435. The number of hydrogen-bond donors (Lipinski definition) is 1. The van der Waals surface area contributed by atoms with Crippen LogP contribution in [0.25, 0.3) is 0 Å². The number of nitrogens with one attached hydrogen (secondary N) is 1. The van der Waals surface area contributed by atoms with E-state index in [9.17, 15) is 9.59 Å². The van der Waals surface area contributed by atoms with Gasteiger partial charge in [0.1, 0.15) is 6.54 Å². The first-order chi connectivity index (χ1) is 8.20. The first-order valence-corrected chi connectivity index (χ1v) is 7.22. The number of aryl methyl sites for hydroxylation is 1. The number of thioether (sulfide) groups is 1. The molecule has 92 valence electrons. The van der Waals surface area contributed by atoms with Crippen molar-refractivity contribution < 1.29 is 14.3 Å². The molecular formula is C11H13NO3S2. The number of ether oxygens (including phenoxy) is 1. The van der Waals surface area contributed by atoms with Crippen LogP contribution in [-0.2, 0) is 21.7 Å². The Kier molecular flexibility index (Phi) is 4.06. The minimum Gasteiger partial charge on any atom is -0.468 e. The number of amides is 1. The Morgan fingerprint density at radius 3 is 3.06 bits per heavy atom. The molecule has 1 aromatic heterocycles. The third kappa shape index (κ3) is 3.01. The Morgan fingerprint density at radius 2 is 2.35 bits per heavy atom. The highest BCUT2D eigenvalue weighted by molar-refractivity contribution is 7.98. The van der Waals surface area contributed by atoms with Crippen LogP contribution in [0.3, 0.4) is 0 Å². The molecule has 0 saturated carbocycles. The second-order valence-corrected chi connectivity index (χ2v) is 5.86. The first-order valence-electron chi connectivity index (χ1n) is 5.25. The SMILES string of the molecule is COC(=O)CNC(=O)c1cc2c(s1)CCSC2. The number of carbonyl (C=O) groups excluding carboxylic acids is 2. The summed E-state index contributed by atoms with van der Waals surface area (Å²) in [6.07, 6.45) is 1.04. The fourth-order valence-electron chi connectivity index (χ4n) is 1.57. The molecular weight excluding hydrogens is 258 g/mol. The molecule has 17 heavy (non-hydrogen) atoms. The normalized spacial score (nSPS) is 13.9. The van der Waals surface area contributed by atoms with Crippen LogP contribution in [0.1, 0.15) is 20.1 Å². The fraction of sp³-hybridized carbons (Fsp3) is 0.455. The molecule has 1 aromatic rings. The van der Waals surface area contributed by atoms with Crippen molar-refractivity contribution in [2.45, 2.75) is 12.2 Å². The molecule has 0 saturated heterocycles. The summed E-state index contributed by atoms with van der Waals surface area (Å²) in [5.74, 6) is 1.47. The number of methoxy groups -OCH3 is 1. The lowest BCUT2D eigenvalue weighted by Gasteiger charge is -2.08. The van der Waals surface area contributed by atoms with Crippen molar-refractivity contribution in [3.05, 3.63) is 21.4 Å². The van der Waals surface area contributed by atoms with E-state index in [0.29, 0.717) is 4.88 Å². The summed E-state index contributed by atoms with van der Waals surface area (Å²) >= 11 is 3.41. The van der Waals surface area contributed by atoms with Gasteiger partial charge in [0.25, 0.3) is 5.91 Å². The van der Waals surface area contributed by atoms with E-state index in [1.807, 2.05) is 17.8 Å². The van der Waals surface area contributed by atoms with Crippen LogP contribution in [-0.4, -0.2) is 31.3 Å². The van der Waals surface area contributed by atoms with Crippen LogP contribution in [0.5, 0.6) is 0 Å². The van der Waals surface area contributed by atoms with E-state index >= 15 is 0 Å². The fourth-order valence-corrected chi connectivity index (χ4v) is 3.86. The third-order valence-corrected chi connectivity index (χ3v) is 4.72. The molecule has 0 aromatic carbocycles. The molecule has 0 bridgehead atoms. The van der Waals surface area contributed by atoms with E-state index in [-0.39, 0.29) is 12.5 Å². The first kappa shape index (κ1) is 12.4. The summed E-state index contributed by atoms with van der Waals surface area (Å²) in [5, 5.41) is 2.55. The molecule has 1 N–H and O–H groups in total. The highest BCUT2D eigenvalue weighted by Crippen LogP contribution is 2.31. The van der Waals surface area contributed by atoms with Gasteiger partial charge in [-0.15, -0.1) is 11.3 Å². The molecule has 1 aliphatic rings. The summed E-state index contributed by atoms with van der Waals surface area (Å²) in [4.78, 5) is 24.7. The van der Waals surface area contributed by atoms with Crippen molar-refractivity contribution in [3.63, 3.8) is 0 Å². The van der Waals surface area contributed by atoms with Crippen molar-refractivity contribution in [1.29, 1.82) is 0 Å². The lowest BCUT2D eigenvalue weighted by Crippen LogP contribution is -2.29. The summed E-state index contributed by atoms with van der Waals surface area (Å²) in [5.41, 5.74) is 1.26. The third-order valence-electron chi connectivity index (χ3n) is 2.47. The molecule has 0 spiro atoms. The standard InChI is InChI=1S/C11H13NO3S2/c1-15-10(13)5-12-11(14)9-4-7-6-16-3-2-8(7)17-9/h4H,2-3,5-6H2,1H3,(H,12,14). The van der Waals surface area contributed by atoms with Gasteiger partial charge < -0.3 is 10.1 Å². The molecule has 2 heterocycles. The Bertz CT molecular complexity index is 418. The molecule has 0 unspecified atom stereocenters. The lowest BCUT2D eigenvalue weighted by molar-refractivity contribution is -0.139. The molecule has 1 amide bonds. The van der Waals surface area contributed by atoms with Crippen LogP contribution in [0.2, 0.25) is 0 Å². The zero-order valence-corrected chi connectivity index (χ0v) is 11.1. The molecule has 2 rings (SSSR count). The van der Waals surface area contributed by atoms with E-state index < -0.39 is 5.97 Å². The molecule has 4 nitrogen and oxygen atoms in total. The van der Waals surface area contributed by atoms with Crippen molar-refractivity contribution in [3.8, 4) is 0 Å². The van der Waals surface area contributed by atoms with Gasteiger partial charge in [0.15, 0.2) is 0 Å². The maximum absolute atomic E-state index is 11.8. The Hall–Kier alpha value is -1.01. The maximum Gasteiger partial charge on any atom is 0.325 e. The van der Waals surface area contributed by atoms with Gasteiger partial charge >= 0.3 is 5.97 Å². The molecule has 0 fully saturated rings. The maximum atomic E-state index is 11.8. The van der Waals surface area contributed by atoms with Gasteiger partial charge in [0.2, 0.25) is 0 Å². The number of esters is 1. The second-order valence-electron chi connectivity index (χ2n) is 3.62. The minimum absolute atomic E-state index is 0.0767. The zero-order chi connectivity index (χ0) is 12.3. The van der Waals surface area contributed by atoms with Gasteiger partial charge in [-0.05, 0) is 23.8 Å². The van der Waals surface area contributed by atoms with Crippen LogP contribution < -0.4 is 5.32 Å². The number of rotatable bonds is 3. The molecule has 0 radical (unpaired) electrons. The molecule has 6 heteroatoms. The summed E-state index contributed by atoms with van der Waals surface area (Å²) < 4.78 is 4.46. The van der Waals surface area contributed by atoms with Crippen LogP contribution in [0.4, 0.5) is 0 Å². The van der Waals surface area contributed by atoms with Gasteiger partial charge in [-0.25, -0.2) is 0 Å².